The lowest BCUT2D eigenvalue weighted by molar-refractivity contribution is -0.141. The number of methoxy groups -OCH3 is 1. The lowest BCUT2D eigenvalue weighted by Crippen LogP contribution is -2.49. The van der Waals surface area contributed by atoms with Crippen molar-refractivity contribution in [3.05, 3.63) is 0 Å². The van der Waals surface area contributed by atoms with E-state index in [-0.39, 0.29) is 11.9 Å². The maximum absolute atomic E-state index is 12.0. The first kappa shape index (κ1) is 13.3. The molecule has 2 fully saturated rings. The topological polar surface area (TPSA) is 49.9 Å². The molecule has 1 saturated heterocycles. The second-order valence-corrected chi connectivity index (χ2v) is 5.31. The normalized spacial score (nSPS) is 28.0. The number of piperazine rings is 1. The van der Waals surface area contributed by atoms with E-state index >= 15 is 0 Å². The average Bonchev–Trinajstić information content (AvgIpc) is 3.13. The molecule has 5 heteroatoms. The van der Waals surface area contributed by atoms with Crippen LogP contribution in [0.4, 0.5) is 0 Å². The molecule has 2 aliphatic rings. The maximum atomic E-state index is 12.0. The third-order valence-corrected chi connectivity index (χ3v) is 3.97. The van der Waals surface area contributed by atoms with E-state index in [1.165, 1.54) is 7.11 Å². The summed E-state index contributed by atoms with van der Waals surface area (Å²) < 4.78 is 4.62. The number of ether oxygens (including phenoxy) is 1. The largest absolute Gasteiger partial charge is 0.469 e. The van der Waals surface area contributed by atoms with E-state index in [0.717, 1.165) is 39.1 Å². The van der Waals surface area contributed by atoms with Gasteiger partial charge in [-0.25, -0.2) is 0 Å². The average molecular weight is 254 g/mol. The molecule has 2 unspecified atom stereocenters. The van der Waals surface area contributed by atoms with E-state index in [1.807, 2.05) is 4.90 Å². The van der Waals surface area contributed by atoms with Gasteiger partial charge in [-0.1, -0.05) is 6.92 Å². The Hall–Kier alpha value is -1.10. The Morgan fingerprint density at radius 3 is 2.33 bits per heavy atom. The van der Waals surface area contributed by atoms with Gasteiger partial charge in [-0.2, -0.15) is 0 Å². The minimum atomic E-state index is -0.166. The number of rotatable bonds is 4. The van der Waals surface area contributed by atoms with Crippen molar-refractivity contribution >= 4 is 11.9 Å². The van der Waals surface area contributed by atoms with Crippen LogP contribution in [0.15, 0.2) is 0 Å². The van der Waals surface area contributed by atoms with Crippen LogP contribution in [0.2, 0.25) is 0 Å². The van der Waals surface area contributed by atoms with Gasteiger partial charge in [0.25, 0.3) is 0 Å². The Bertz CT molecular complexity index is 324. The summed E-state index contributed by atoms with van der Waals surface area (Å²) in [6, 6.07) is 0. The van der Waals surface area contributed by atoms with Crippen molar-refractivity contribution in [2.45, 2.75) is 19.8 Å². The van der Waals surface area contributed by atoms with E-state index in [1.54, 1.807) is 0 Å². The van der Waals surface area contributed by atoms with Gasteiger partial charge in [0.15, 0.2) is 0 Å². The smallest absolute Gasteiger partial charge is 0.306 e. The van der Waals surface area contributed by atoms with Crippen LogP contribution < -0.4 is 0 Å². The molecule has 0 N–H and O–H groups in total. The molecule has 1 amide bonds. The second-order valence-electron chi connectivity index (χ2n) is 5.31. The molecule has 2 rings (SSSR count). The van der Waals surface area contributed by atoms with E-state index < -0.39 is 0 Å². The summed E-state index contributed by atoms with van der Waals surface area (Å²) in [5, 5.41) is 0. The number of nitrogens with zero attached hydrogens (tertiary/aromatic N) is 2. The number of hydrogen-bond acceptors (Lipinski definition) is 4. The molecule has 1 aliphatic heterocycles. The minimum absolute atomic E-state index is 0.166. The van der Waals surface area contributed by atoms with Crippen molar-refractivity contribution in [2.24, 2.45) is 11.8 Å². The van der Waals surface area contributed by atoms with Crippen LogP contribution in [-0.2, 0) is 14.3 Å². The summed E-state index contributed by atoms with van der Waals surface area (Å²) in [6.07, 6.45) is 1.49. The monoisotopic (exact) mass is 254 g/mol. The van der Waals surface area contributed by atoms with Gasteiger partial charge < -0.3 is 9.64 Å². The van der Waals surface area contributed by atoms with E-state index in [0.29, 0.717) is 18.2 Å². The Morgan fingerprint density at radius 2 is 1.83 bits per heavy atom. The number of carbonyl (C=O) groups excluding carboxylic acids is 2. The molecule has 0 aromatic heterocycles. The van der Waals surface area contributed by atoms with Crippen molar-refractivity contribution in [1.82, 2.24) is 9.80 Å². The van der Waals surface area contributed by atoms with Gasteiger partial charge >= 0.3 is 5.97 Å². The van der Waals surface area contributed by atoms with Crippen LogP contribution in [0.3, 0.4) is 0 Å². The highest BCUT2D eigenvalue weighted by molar-refractivity contribution is 5.81. The van der Waals surface area contributed by atoms with Crippen LogP contribution in [0.25, 0.3) is 0 Å². The molecule has 0 bridgehead atoms. The highest BCUT2D eigenvalue weighted by atomic mass is 16.5. The van der Waals surface area contributed by atoms with Gasteiger partial charge in [0.2, 0.25) is 5.91 Å². The van der Waals surface area contributed by atoms with Crippen molar-refractivity contribution < 1.29 is 14.3 Å². The van der Waals surface area contributed by atoms with Crippen molar-refractivity contribution in [1.29, 1.82) is 0 Å². The van der Waals surface area contributed by atoms with Gasteiger partial charge in [-0.15, -0.1) is 0 Å². The minimum Gasteiger partial charge on any atom is -0.469 e. The van der Waals surface area contributed by atoms with Crippen molar-refractivity contribution in [2.75, 3.05) is 39.8 Å². The molecule has 0 aromatic rings. The Morgan fingerprint density at radius 1 is 1.22 bits per heavy atom. The first-order valence-corrected chi connectivity index (χ1v) is 6.69. The molecule has 1 heterocycles. The molecular formula is C13H22N2O3. The summed E-state index contributed by atoms with van der Waals surface area (Å²) in [4.78, 5) is 27.3. The fourth-order valence-electron chi connectivity index (χ4n) is 2.44. The maximum Gasteiger partial charge on any atom is 0.306 e. The fraction of sp³-hybridized carbons (Fsp3) is 0.846. The zero-order valence-electron chi connectivity index (χ0n) is 11.2. The lowest BCUT2D eigenvalue weighted by atomic mass is 10.2. The Labute approximate surface area is 108 Å². The summed E-state index contributed by atoms with van der Waals surface area (Å²) in [7, 11) is 1.41. The molecule has 0 aromatic carbocycles. The van der Waals surface area contributed by atoms with Crippen molar-refractivity contribution in [3.63, 3.8) is 0 Å². The zero-order valence-corrected chi connectivity index (χ0v) is 11.2. The predicted molar refractivity (Wildman–Crippen MR) is 66.9 cm³/mol. The first-order chi connectivity index (χ1) is 8.61. The molecule has 1 saturated carbocycles. The number of hydrogen-bond donors (Lipinski definition) is 0. The molecule has 102 valence electrons. The van der Waals surface area contributed by atoms with Crippen LogP contribution in [-0.4, -0.2) is 61.5 Å². The van der Waals surface area contributed by atoms with Gasteiger partial charge in [0.1, 0.15) is 0 Å². The number of esters is 1. The highest BCUT2D eigenvalue weighted by Crippen LogP contribution is 2.39. The van der Waals surface area contributed by atoms with E-state index in [4.69, 9.17) is 0 Å². The van der Waals surface area contributed by atoms with Crippen LogP contribution in [0.5, 0.6) is 0 Å². The lowest BCUT2D eigenvalue weighted by Gasteiger charge is -2.34. The first-order valence-electron chi connectivity index (χ1n) is 6.69. The molecule has 2 atom stereocenters. The van der Waals surface area contributed by atoms with Gasteiger partial charge in [0, 0.05) is 38.6 Å². The quantitative estimate of drug-likeness (QED) is 0.679. The van der Waals surface area contributed by atoms with Gasteiger partial charge in [-0.05, 0) is 12.3 Å². The SMILES string of the molecule is COC(=O)CCN1CCN(C(=O)C2CC2C)CC1. The summed E-state index contributed by atoms with van der Waals surface area (Å²) in [6.45, 7) is 6.18. The summed E-state index contributed by atoms with van der Waals surface area (Å²) >= 11 is 0. The van der Waals surface area contributed by atoms with Crippen LogP contribution >= 0.6 is 0 Å². The summed E-state index contributed by atoms with van der Waals surface area (Å²) in [5.41, 5.74) is 0. The van der Waals surface area contributed by atoms with Gasteiger partial charge in [0.05, 0.1) is 13.5 Å². The highest BCUT2D eigenvalue weighted by Gasteiger charge is 2.41. The second kappa shape index (κ2) is 5.69. The van der Waals surface area contributed by atoms with Crippen LogP contribution in [0.1, 0.15) is 19.8 Å². The number of amides is 1. The Kier molecular flexibility index (Phi) is 4.22. The molecular weight excluding hydrogens is 232 g/mol. The molecule has 5 nitrogen and oxygen atoms in total. The van der Waals surface area contributed by atoms with Crippen molar-refractivity contribution in [3.8, 4) is 0 Å². The molecule has 0 spiro atoms. The van der Waals surface area contributed by atoms with Crippen LogP contribution in [0, 0.1) is 11.8 Å². The standard InChI is InChI=1S/C13H22N2O3/c1-10-9-11(10)13(17)15-7-5-14(6-8-15)4-3-12(16)18-2/h10-11H,3-9H2,1-2H3. The number of carbonyl (C=O) groups is 2. The molecule has 1 aliphatic carbocycles. The van der Waals surface area contributed by atoms with Gasteiger partial charge in [-0.3, -0.25) is 14.5 Å². The van der Waals surface area contributed by atoms with E-state index in [2.05, 4.69) is 16.6 Å². The Balaban J connectivity index is 1.68. The summed E-state index contributed by atoms with van der Waals surface area (Å²) in [5.74, 6) is 1.02. The predicted octanol–water partition coefficient (Wildman–Crippen LogP) is 0.350. The van der Waals surface area contributed by atoms with E-state index in [9.17, 15) is 9.59 Å². The zero-order chi connectivity index (χ0) is 13.1. The third kappa shape index (κ3) is 3.22. The fourth-order valence-corrected chi connectivity index (χ4v) is 2.44. The molecule has 0 radical (unpaired) electrons. The third-order valence-electron chi connectivity index (χ3n) is 3.97. The molecule has 18 heavy (non-hydrogen) atoms.